The smallest absolute Gasteiger partial charge is 0.433 e. The standard InChI is InChI=1S/C21H20F3N7O2/c1-12(15-7-9-30(29-15)14-4-5-17(26-10-14)21(22,23)24)27-19-25-8-6-18(28-19)31-16(13-2-3-13)11-33-20(31)32/h4-10,12-13,16H,2-3,11H2,1H3,(H,25,27,28)/t12-,16+/m0/s1. The first-order chi connectivity index (χ1) is 15.8. The van der Waals surface area contributed by atoms with Crippen molar-refractivity contribution in [3.05, 3.63) is 54.2 Å². The molecule has 1 saturated heterocycles. The number of pyridine rings is 1. The number of anilines is 2. The van der Waals surface area contributed by atoms with E-state index in [1.807, 2.05) is 6.92 Å². The summed E-state index contributed by atoms with van der Waals surface area (Å²) in [6.07, 6.45) is 1.56. The number of amides is 1. The molecule has 2 fully saturated rings. The van der Waals surface area contributed by atoms with E-state index in [4.69, 9.17) is 4.74 Å². The number of aromatic nitrogens is 5. The highest BCUT2D eigenvalue weighted by molar-refractivity contribution is 5.89. The van der Waals surface area contributed by atoms with Crippen LogP contribution in [0.2, 0.25) is 0 Å². The van der Waals surface area contributed by atoms with Crippen LogP contribution in [0.3, 0.4) is 0 Å². The maximum atomic E-state index is 12.7. The number of nitrogens with one attached hydrogen (secondary N) is 1. The monoisotopic (exact) mass is 459 g/mol. The van der Waals surface area contributed by atoms with Gasteiger partial charge in [-0.3, -0.25) is 4.90 Å². The minimum Gasteiger partial charge on any atom is -0.447 e. The second-order valence-corrected chi connectivity index (χ2v) is 8.04. The molecule has 1 aliphatic heterocycles. The molecule has 2 aliphatic rings. The fraction of sp³-hybridized carbons (Fsp3) is 0.381. The number of carbonyl (C=O) groups is 1. The van der Waals surface area contributed by atoms with Crippen LogP contribution >= 0.6 is 0 Å². The van der Waals surface area contributed by atoms with Gasteiger partial charge in [0.1, 0.15) is 18.1 Å². The highest BCUT2D eigenvalue weighted by Gasteiger charge is 2.44. The summed E-state index contributed by atoms with van der Waals surface area (Å²) in [5.74, 6) is 1.23. The summed E-state index contributed by atoms with van der Waals surface area (Å²) in [5, 5.41) is 7.57. The molecule has 33 heavy (non-hydrogen) atoms. The van der Waals surface area contributed by atoms with Crippen molar-refractivity contribution in [1.82, 2.24) is 24.7 Å². The molecule has 1 saturated carbocycles. The fourth-order valence-corrected chi connectivity index (χ4v) is 3.75. The van der Waals surface area contributed by atoms with Crippen LogP contribution < -0.4 is 10.2 Å². The van der Waals surface area contributed by atoms with Crippen LogP contribution in [0.4, 0.5) is 29.7 Å². The first kappa shape index (κ1) is 21.2. The zero-order valence-corrected chi connectivity index (χ0v) is 17.5. The van der Waals surface area contributed by atoms with Crippen molar-refractivity contribution in [2.45, 2.75) is 38.0 Å². The molecule has 3 aromatic rings. The Labute approximate surface area is 186 Å². The van der Waals surface area contributed by atoms with E-state index in [0.717, 1.165) is 25.1 Å². The SMILES string of the molecule is C[C@H](Nc1nccc(N2C(=O)OC[C@@H]2C2CC2)n1)c1ccn(-c2ccc(C(F)(F)F)nc2)n1. The lowest BCUT2D eigenvalue weighted by molar-refractivity contribution is -0.141. The van der Waals surface area contributed by atoms with Gasteiger partial charge in [-0.1, -0.05) is 0 Å². The molecule has 1 aliphatic carbocycles. The van der Waals surface area contributed by atoms with Gasteiger partial charge in [0.25, 0.3) is 0 Å². The summed E-state index contributed by atoms with van der Waals surface area (Å²) in [4.78, 5) is 26.0. The van der Waals surface area contributed by atoms with Crippen molar-refractivity contribution in [1.29, 1.82) is 0 Å². The largest absolute Gasteiger partial charge is 0.447 e. The van der Waals surface area contributed by atoms with Crippen LogP contribution in [0.1, 0.15) is 37.2 Å². The van der Waals surface area contributed by atoms with Crippen LogP contribution in [0, 0.1) is 5.92 Å². The summed E-state index contributed by atoms with van der Waals surface area (Å²) in [7, 11) is 0. The number of carbonyl (C=O) groups excluding carboxylic acids is 1. The predicted molar refractivity (Wildman–Crippen MR) is 111 cm³/mol. The first-order valence-corrected chi connectivity index (χ1v) is 10.4. The Hall–Kier alpha value is -3.70. The summed E-state index contributed by atoms with van der Waals surface area (Å²) < 4.78 is 44.8. The molecule has 5 rings (SSSR count). The fourth-order valence-electron chi connectivity index (χ4n) is 3.75. The molecule has 1 N–H and O–H groups in total. The number of nitrogens with zero attached hydrogens (tertiary/aromatic N) is 6. The molecule has 1 amide bonds. The van der Waals surface area contributed by atoms with Gasteiger partial charge in [-0.25, -0.2) is 19.4 Å². The highest BCUT2D eigenvalue weighted by atomic mass is 19.4. The van der Waals surface area contributed by atoms with Crippen molar-refractivity contribution >= 4 is 17.9 Å². The van der Waals surface area contributed by atoms with Crippen LogP contribution in [-0.4, -0.2) is 43.5 Å². The Morgan fingerprint density at radius 3 is 2.70 bits per heavy atom. The summed E-state index contributed by atoms with van der Waals surface area (Å²) in [5.41, 5.74) is 0.0650. The van der Waals surface area contributed by atoms with E-state index in [2.05, 4.69) is 25.4 Å². The van der Waals surface area contributed by atoms with E-state index in [1.165, 1.54) is 10.7 Å². The average Bonchev–Trinajstić information content (AvgIpc) is 3.37. The lowest BCUT2D eigenvalue weighted by atomic mass is 10.2. The minimum absolute atomic E-state index is 0.00860. The van der Waals surface area contributed by atoms with Gasteiger partial charge < -0.3 is 10.1 Å². The number of cyclic esters (lactones) is 1. The Morgan fingerprint density at radius 1 is 1.18 bits per heavy atom. The van der Waals surface area contributed by atoms with E-state index in [1.54, 1.807) is 29.4 Å². The third-order valence-electron chi connectivity index (χ3n) is 5.66. The highest BCUT2D eigenvalue weighted by Crippen LogP contribution is 2.39. The molecular formula is C21H20F3N7O2. The Bertz CT molecular complexity index is 1160. The zero-order valence-electron chi connectivity index (χ0n) is 17.5. The quantitative estimate of drug-likeness (QED) is 0.595. The first-order valence-electron chi connectivity index (χ1n) is 10.4. The molecule has 2 atom stereocenters. The molecule has 0 aromatic carbocycles. The number of hydrogen-bond donors (Lipinski definition) is 1. The molecule has 0 spiro atoms. The second-order valence-electron chi connectivity index (χ2n) is 8.04. The van der Waals surface area contributed by atoms with E-state index in [-0.39, 0.29) is 12.1 Å². The van der Waals surface area contributed by atoms with Gasteiger partial charge in [0.15, 0.2) is 0 Å². The van der Waals surface area contributed by atoms with E-state index in [9.17, 15) is 18.0 Å². The third kappa shape index (κ3) is 4.32. The molecule has 4 heterocycles. The number of hydrogen-bond acceptors (Lipinski definition) is 7. The molecule has 0 unspecified atom stereocenters. The number of ether oxygens (including phenoxy) is 1. The van der Waals surface area contributed by atoms with Crippen LogP contribution in [0.25, 0.3) is 5.69 Å². The Kier molecular flexibility index (Phi) is 5.14. The average molecular weight is 459 g/mol. The molecule has 0 radical (unpaired) electrons. The topological polar surface area (TPSA) is 98.1 Å². The molecule has 172 valence electrons. The summed E-state index contributed by atoms with van der Waals surface area (Å²) in [6.45, 7) is 2.22. The Morgan fingerprint density at radius 2 is 2.00 bits per heavy atom. The number of halogens is 3. The van der Waals surface area contributed by atoms with Crippen molar-refractivity contribution in [2.24, 2.45) is 5.92 Å². The van der Waals surface area contributed by atoms with Crippen molar-refractivity contribution < 1.29 is 22.7 Å². The van der Waals surface area contributed by atoms with Gasteiger partial charge in [-0.2, -0.15) is 23.3 Å². The third-order valence-corrected chi connectivity index (χ3v) is 5.66. The Balaban J connectivity index is 1.30. The van der Waals surface area contributed by atoms with Gasteiger partial charge in [0.05, 0.1) is 29.7 Å². The van der Waals surface area contributed by atoms with Gasteiger partial charge in [0, 0.05) is 12.4 Å². The molecule has 0 bridgehead atoms. The lowest BCUT2D eigenvalue weighted by Gasteiger charge is -2.20. The second kappa shape index (κ2) is 8.01. The van der Waals surface area contributed by atoms with Gasteiger partial charge in [0.2, 0.25) is 5.95 Å². The predicted octanol–water partition coefficient (Wildman–Crippen LogP) is 3.98. The van der Waals surface area contributed by atoms with Crippen LogP contribution in [-0.2, 0) is 10.9 Å². The molecule has 3 aromatic heterocycles. The van der Waals surface area contributed by atoms with E-state index in [0.29, 0.717) is 35.7 Å². The van der Waals surface area contributed by atoms with E-state index < -0.39 is 18.0 Å². The van der Waals surface area contributed by atoms with Gasteiger partial charge in [-0.05, 0) is 49.9 Å². The summed E-state index contributed by atoms with van der Waals surface area (Å²) >= 11 is 0. The van der Waals surface area contributed by atoms with Crippen molar-refractivity contribution in [3.63, 3.8) is 0 Å². The molecular weight excluding hydrogens is 439 g/mol. The number of rotatable bonds is 6. The van der Waals surface area contributed by atoms with Gasteiger partial charge >= 0.3 is 12.3 Å². The van der Waals surface area contributed by atoms with Gasteiger partial charge in [-0.15, -0.1) is 0 Å². The molecule has 12 heteroatoms. The van der Waals surface area contributed by atoms with Crippen molar-refractivity contribution in [2.75, 3.05) is 16.8 Å². The molecule has 9 nitrogen and oxygen atoms in total. The minimum atomic E-state index is -4.49. The van der Waals surface area contributed by atoms with Crippen LogP contribution in [0.15, 0.2) is 42.9 Å². The maximum absolute atomic E-state index is 12.7. The number of alkyl halides is 3. The van der Waals surface area contributed by atoms with Crippen molar-refractivity contribution in [3.8, 4) is 5.69 Å². The van der Waals surface area contributed by atoms with E-state index >= 15 is 0 Å². The summed E-state index contributed by atoms with van der Waals surface area (Å²) in [6, 6.07) is 5.31. The lowest BCUT2D eigenvalue weighted by Crippen LogP contribution is -2.35. The maximum Gasteiger partial charge on any atom is 0.433 e. The zero-order chi connectivity index (χ0) is 23.2. The van der Waals surface area contributed by atoms with Crippen LogP contribution in [0.5, 0.6) is 0 Å². The normalized spacial score (nSPS) is 19.5.